The van der Waals surface area contributed by atoms with E-state index in [0.29, 0.717) is 0 Å². The van der Waals surface area contributed by atoms with Crippen LogP contribution in [0, 0.1) is 6.92 Å². The molecule has 3 rings (SSSR count). The van der Waals surface area contributed by atoms with Crippen LogP contribution in [0.25, 0.3) is 10.9 Å². The molecule has 1 aromatic heterocycles. The molecule has 1 aromatic carbocycles. The number of nitrogens with zero attached hydrogens (tertiary/aromatic N) is 2. The normalized spacial score (nSPS) is 17.1. The largest absolute Gasteiger partial charge is 0.350 e. The fourth-order valence-electron chi connectivity index (χ4n) is 2.89. The van der Waals surface area contributed by atoms with Crippen molar-refractivity contribution in [3.63, 3.8) is 0 Å². The van der Waals surface area contributed by atoms with Crippen LogP contribution in [-0.2, 0) is 13.6 Å². The summed E-state index contributed by atoms with van der Waals surface area (Å²) >= 11 is 0. The lowest BCUT2D eigenvalue weighted by Crippen LogP contribution is -2.18. The van der Waals surface area contributed by atoms with Crippen LogP contribution in [0.15, 0.2) is 24.4 Å². The van der Waals surface area contributed by atoms with Crippen LogP contribution in [-0.4, -0.2) is 22.6 Å². The van der Waals surface area contributed by atoms with E-state index in [1.807, 2.05) is 0 Å². The van der Waals surface area contributed by atoms with Gasteiger partial charge in [0.15, 0.2) is 0 Å². The number of hydrogen-bond acceptors (Lipinski definition) is 1. The van der Waals surface area contributed by atoms with Gasteiger partial charge in [0.2, 0.25) is 0 Å². The molecule has 0 bridgehead atoms. The Balaban J connectivity index is 1.98. The minimum Gasteiger partial charge on any atom is -0.350 e. The summed E-state index contributed by atoms with van der Waals surface area (Å²) in [4.78, 5) is 2.56. The van der Waals surface area contributed by atoms with Gasteiger partial charge in [0, 0.05) is 30.7 Å². The van der Waals surface area contributed by atoms with Crippen molar-refractivity contribution in [2.75, 3.05) is 13.1 Å². The van der Waals surface area contributed by atoms with Crippen LogP contribution in [0.3, 0.4) is 0 Å². The number of benzene rings is 1. The zero-order chi connectivity index (χ0) is 11.8. The lowest BCUT2D eigenvalue weighted by atomic mass is 10.1. The smallest absolute Gasteiger partial charge is 0.0483 e. The molecule has 2 heteroatoms. The molecule has 1 aliphatic heterocycles. The molecule has 0 amide bonds. The molecule has 2 heterocycles. The second kappa shape index (κ2) is 4.19. The van der Waals surface area contributed by atoms with Gasteiger partial charge in [0.05, 0.1) is 0 Å². The summed E-state index contributed by atoms with van der Waals surface area (Å²) in [6.45, 7) is 5.80. The zero-order valence-corrected chi connectivity index (χ0v) is 10.7. The van der Waals surface area contributed by atoms with Crippen LogP contribution in [0.4, 0.5) is 0 Å². The molecular formula is C15H20N2. The Bertz CT molecular complexity index is 533. The van der Waals surface area contributed by atoms with E-state index in [9.17, 15) is 0 Å². The number of fused-ring (bicyclic) bond motifs is 1. The number of hydrogen-bond donors (Lipinski definition) is 0. The maximum absolute atomic E-state index is 2.56. The highest BCUT2D eigenvalue weighted by molar-refractivity contribution is 5.84. The average molecular weight is 228 g/mol. The van der Waals surface area contributed by atoms with Crippen molar-refractivity contribution in [1.82, 2.24) is 9.47 Å². The highest BCUT2D eigenvalue weighted by atomic mass is 15.1. The van der Waals surface area contributed by atoms with Gasteiger partial charge in [-0.1, -0.05) is 12.1 Å². The van der Waals surface area contributed by atoms with E-state index in [2.05, 4.69) is 47.8 Å². The van der Waals surface area contributed by atoms with E-state index >= 15 is 0 Å². The minimum atomic E-state index is 1.11. The van der Waals surface area contributed by atoms with E-state index in [1.54, 1.807) is 0 Å². The van der Waals surface area contributed by atoms with Gasteiger partial charge in [-0.2, -0.15) is 0 Å². The van der Waals surface area contributed by atoms with Gasteiger partial charge in [-0.05, 0) is 50.0 Å². The van der Waals surface area contributed by atoms with Gasteiger partial charge in [0.1, 0.15) is 0 Å². The first-order valence-electron chi connectivity index (χ1n) is 6.51. The van der Waals surface area contributed by atoms with E-state index < -0.39 is 0 Å². The number of aromatic nitrogens is 1. The molecule has 1 aliphatic rings. The average Bonchev–Trinajstić information content (AvgIpc) is 2.89. The Labute approximate surface area is 103 Å². The van der Waals surface area contributed by atoms with Crippen molar-refractivity contribution in [1.29, 1.82) is 0 Å². The molecule has 0 unspecified atom stereocenters. The molecule has 90 valence electrons. The first-order valence-corrected chi connectivity index (χ1v) is 6.51. The van der Waals surface area contributed by atoms with Crippen LogP contribution < -0.4 is 0 Å². The second-order valence-corrected chi connectivity index (χ2v) is 5.27. The Kier molecular flexibility index (Phi) is 2.67. The van der Waals surface area contributed by atoms with Crippen LogP contribution in [0.1, 0.15) is 24.0 Å². The van der Waals surface area contributed by atoms with Crippen LogP contribution in [0.5, 0.6) is 0 Å². The van der Waals surface area contributed by atoms with Crippen LogP contribution in [0.2, 0.25) is 0 Å². The van der Waals surface area contributed by atoms with Gasteiger partial charge in [-0.25, -0.2) is 0 Å². The molecule has 2 aromatic rings. The lowest BCUT2D eigenvalue weighted by Gasteiger charge is -2.13. The topological polar surface area (TPSA) is 8.17 Å². The fourth-order valence-corrected chi connectivity index (χ4v) is 2.89. The third kappa shape index (κ3) is 1.98. The first-order chi connectivity index (χ1) is 8.24. The Morgan fingerprint density at radius 2 is 1.94 bits per heavy atom. The molecule has 0 spiro atoms. The fraction of sp³-hybridized carbons (Fsp3) is 0.467. The van der Waals surface area contributed by atoms with E-state index in [4.69, 9.17) is 0 Å². The van der Waals surface area contributed by atoms with Gasteiger partial charge in [-0.15, -0.1) is 0 Å². The Morgan fingerprint density at radius 1 is 1.18 bits per heavy atom. The standard InChI is InChI=1S/C15H20N2/c1-12-5-6-14-13(10-16(2)15(14)9-12)11-17-7-3-4-8-17/h5-6,9-10H,3-4,7-8,11H2,1-2H3. The second-order valence-electron chi connectivity index (χ2n) is 5.27. The van der Waals surface area contributed by atoms with E-state index in [1.165, 1.54) is 48.0 Å². The van der Waals surface area contributed by atoms with Gasteiger partial charge < -0.3 is 4.57 Å². The highest BCUT2D eigenvalue weighted by Crippen LogP contribution is 2.24. The van der Waals surface area contributed by atoms with Crippen LogP contribution >= 0.6 is 0 Å². The Hall–Kier alpha value is -1.28. The summed E-state index contributed by atoms with van der Waals surface area (Å²) in [5.41, 5.74) is 4.18. The zero-order valence-electron chi connectivity index (χ0n) is 10.7. The van der Waals surface area contributed by atoms with Gasteiger partial charge in [-0.3, -0.25) is 4.90 Å². The summed E-state index contributed by atoms with van der Waals surface area (Å²) in [6, 6.07) is 6.77. The van der Waals surface area contributed by atoms with Gasteiger partial charge >= 0.3 is 0 Å². The number of likely N-dealkylation sites (tertiary alicyclic amines) is 1. The Morgan fingerprint density at radius 3 is 2.71 bits per heavy atom. The minimum absolute atomic E-state index is 1.11. The van der Waals surface area contributed by atoms with E-state index in [0.717, 1.165) is 6.54 Å². The quantitative estimate of drug-likeness (QED) is 0.767. The predicted octanol–water partition coefficient (Wildman–Crippen LogP) is 3.08. The predicted molar refractivity (Wildman–Crippen MR) is 72.2 cm³/mol. The molecule has 0 saturated carbocycles. The van der Waals surface area contributed by atoms with Gasteiger partial charge in [0.25, 0.3) is 0 Å². The number of rotatable bonds is 2. The van der Waals surface area contributed by atoms with Crippen molar-refractivity contribution in [3.05, 3.63) is 35.5 Å². The van der Waals surface area contributed by atoms with Crippen molar-refractivity contribution in [2.24, 2.45) is 7.05 Å². The molecular weight excluding hydrogens is 208 g/mol. The maximum Gasteiger partial charge on any atom is 0.0483 e. The third-order valence-corrected chi connectivity index (χ3v) is 3.82. The third-order valence-electron chi connectivity index (χ3n) is 3.82. The van der Waals surface area contributed by atoms with E-state index in [-0.39, 0.29) is 0 Å². The molecule has 0 N–H and O–H groups in total. The summed E-state index contributed by atoms with van der Waals surface area (Å²) in [5, 5.41) is 1.42. The first kappa shape index (κ1) is 10.8. The summed E-state index contributed by atoms with van der Waals surface area (Å²) < 4.78 is 2.26. The van der Waals surface area contributed by atoms with Crippen molar-refractivity contribution < 1.29 is 0 Å². The highest BCUT2D eigenvalue weighted by Gasteiger charge is 2.14. The molecule has 17 heavy (non-hydrogen) atoms. The summed E-state index contributed by atoms with van der Waals surface area (Å²) in [6.07, 6.45) is 5.02. The molecule has 1 saturated heterocycles. The van der Waals surface area contributed by atoms with Crippen molar-refractivity contribution in [2.45, 2.75) is 26.3 Å². The summed E-state index contributed by atoms with van der Waals surface area (Å²) in [5.74, 6) is 0. The monoisotopic (exact) mass is 228 g/mol. The molecule has 0 radical (unpaired) electrons. The molecule has 0 aliphatic carbocycles. The molecule has 1 fully saturated rings. The van der Waals surface area contributed by atoms with Crippen molar-refractivity contribution >= 4 is 10.9 Å². The maximum atomic E-state index is 2.56. The SMILES string of the molecule is Cc1ccc2c(CN3CCCC3)cn(C)c2c1. The lowest BCUT2D eigenvalue weighted by molar-refractivity contribution is 0.332. The van der Waals surface area contributed by atoms with Crippen molar-refractivity contribution in [3.8, 4) is 0 Å². The molecule has 0 atom stereocenters. The number of aryl methyl sites for hydroxylation is 2. The summed E-state index contributed by atoms with van der Waals surface area (Å²) in [7, 11) is 2.15. The molecule has 2 nitrogen and oxygen atoms in total.